The molecule has 1 N–H and O–H groups in total. The van der Waals surface area contributed by atoms with Gasteiger partial charge in [-0.2, -0.15) is 0 Å². The molecule has 0 saturated carbocycles. The molecule has 6 nitrogen and oxygen atoms in total. The number of benzene rings is 1. The number of hydrogen-bond donors (Lipinski definition) is 1. The second-order valence-corrected chi connectivity index (χ2v) is 5.75. The molecule has 3 rings (SSSR count). The van der Waals surface area contributed by atoms with E-state index >= 15 is 0 Å². The maximum absolute atomic E-state index is 12.2. The Morgan fingerprint density at radius 3 is 2.58 bits per heavy atom. The minimum absolute atomic E-state index is 0.0283. The first-order chi connectivity index (χ1) is 11.6. The number of fused-ring (bicyclic) bond motifs is 1. The van der Waals surface area contributed by atoms with E-state index in [2.05, 4.69) is 10.3 Å². The molecule has 0 unspecified atom stereocenters. The molecule has 1 aliphatic heterocycles. The average molecular weight is 344 g/mol. The van der Waals surface area contributed by atoms with Crippen LogP contribution in [0.3, 0.4) is 0 Å². The van der Waals surface area contributed by atoms with E-state index in [1.807, 2.05) is 12.1 Å². The Balaban J connectivity index is 1.53. The summed E-state index contributed by atoms with van der Waals surface area (Å²) in [6, 6.07) is 10.3. The summed E-state index contributed by atoms with van der Waals surface area (Å²) in [7, 11) is 0. The van der Waals surface area contributed by atoms with Gasteiger partial charge in [-0.25, -0.2) is 0 Å². The third-order valence-corrected chi connectivity index (χ3v) is 3.95. The third kappa shape index (κ3) is 3.28. The van der Waals surface area contributed by atoms with Gasteiger partial charge in [0.05, 0.1) is 5.56 Å². The highest BCUT2D eigenvalue weighted by Crippen LogP contribution is 2.20. The van der Waals surface area contributed by atoms with E-state index < -0.39 is 11.8 Å². The Bertz CT molecular complexity index is 770. The first kappa shape index (κ1) is 16.1. The maximum Gasteiger partial charge on any atom is 0.280 e. The van der Waals surface area contributed by atoms with Crippen molar-refractivity contribution < 1.29 is 14.4 Å². The van der Waals surface area contributed by atoms with Gasteiger partial charge in [0.2, 0.25) is 5.91 Å². The van der Waals surface area contributed by atoms with Crippen LogP contribution in [0, 0.1) is 0 Å². The topological polar surface area (TPSA) is 79.4 Å². The van der Waals surface area contributed by atoms with Crippen molar-refractivity contribution in [3.05, 3.63) is 64.4 Å². The van der Waals surface area contributed by atoms with Gasteiger partial charge in [-0.3, -0.25) is 24.3 Å². The summed E-state index contributed by atoms with van der Waals surface area (Å²) >= 11 is 5.80. The summed E-state index contributed by atoms with van der Waals surface area (Å²) in [4.78, 5) is 41.2. The fraction of sp³-hybridized carbons (Fsp3) is 0.176. The molecule has 0 fully saturated rings. The minimum Gasteiger partial charge on any atom is -0.352 e. The minimum atomic E-state index is -0.457. The molecule has 0 saturated heterocycles. The largest absolute Gasteiger partial charge is 0.352 e. The molecule has 0 spiro atoms. The summed E-state index contributed by atoms with van der Waals surface area (Å²) in [5, 5.41) is 3.38. The van der Waals surface area contributed by atoms with Gasteiger partial charge in [-0.05, 0) is 29.8 Å². The second-order valence-electron chi connectivity index (χ2n) is 5.31. The van der Waals surface area contributed by atoms with E-state index in [0.29, 0.717) is 11.6 Å². The van der Waals surface area contributed by atoms with Crippen LogP contribution in [0.4, 0.5) is 0 Å². The number of amides is 3. The van der Waals surface area contributed by atoms with Crippen LogP contribution in [-0.2, 0) is 11.3 Å². The van der Waals surface area contributed by atoms with Crippen LogP contribution in [0.5, 0.6) is 0 Å². The number of halogens is 1. The van der Waals surface area contributed by atoms with Crippen LogP contribution in [-0.4, -0.2) is 34.2 Å². The smallest absolute Gasteiger partial charge is 0.280 e. The first-order valence-corrected chi connectivity index (χ1v) is 7.76. The van der Waals surface area contributed by atoms with Crippen LogP contribution in [0.1, 0.15) is 32.8 Å². The van der Waals surface area contributed by atoms with E-state index in [0.717, 1.165) is 10.5 Å². The summed E-state index contributed by atoms with van der Waals surface area (Å²) in [5.41, 5.74) is 1.34. The molecule has 122 valence electrons. The highest BCUT2D eigenvalue weighted by molar-refractivity contribution is 6.30. The molecular formula is C17H14ClN3O3. The molecule has 0 atom stereocenters. The number of carbonyl (C=O) groups excluding carboxylic acids is 3. The number of aromatic nitrogens is 1. The van der Waals surface area contributed by atoms with Crippen molar-refractivity contribution in [1.29, 1.82) is 0 Å². The molecule has 3 amide bonds. The molecule has 1 aromatic carbocycles. The lowest BCUT2D eigenvalue weighted by Crippen LogP contribution is -2.34. The van der Waals surface area contributed by atoms with Crippen LogP contribution in [0.15, 0.2) is 42.6 Å². The van der Waals surface area contributed by atoms with E-state index in [1.54, 1.807) is 24.3 Å². The Morgan fingerprint density at radius 1 is 1.12 bits per heavy atom. The van der Waals surface area contributed by atoms with Gasteiger partial charge < -0.3 is 5.32 Å². The lowest BCUT2D eigenvalue weighted by Gasteiger charge is -2.13. The van der Waals surface area contributed by atoms with Gasteiger partial charge >= 0.3 is 0 Å². The van der Waals surface area contributed by atoms with E-state index in [-0.39, 0.29) is 30.1 Å². The van der Waals surface area contributed by atoms with Gasteiger partial charge in [-0.1, -0.05) is 23.7 Å². The molecule has 1 aliphatic rings. The summed E-state index contributed by atoms with van der Waals surface area (Å²) in [6.45, 7) is 0.389. The van der Waals surface area contributed by atoms with Crippen LogP contribution < -0.4 is 5.32 Å². The zero-order chi connectivity index (χ0) is 17.1. The molecule has 2 heterocycles. The first-order valence-electron chi connectivity index (χ1n) is 7.38. The predicted octanol–water partition coefficient (Wildman–Crippen LogP) is 2.04. The number of carbonyl (C=O) groups is 3. The van der Waals surface area contributed by atoms with Gasteiger partial charge in [0, 0.05) is 30.7 Å². The standard InChI is InChI=1S/C17H14ClN3O3/c18-12-5-3-11(4-6-12)10-20-14(22)7-9-21-16(23)13-2-1-8-19-15(13)17(21)24/h1-6,8H,7,9-10H2,(H,20,22). The fourth-order valence-corrected chi connectivity index (χ4v) is 2.55. The van der Waals surface area contributed by atoms with E-state index in [4.69, 9.17) is 11.6 Å². The zero-order valence-corrected chi connectivity index (χ0v) is 13.4. The quantitative estimate of drug-likeness (QED) is 0.842. The highest BCUT2D eigenvalue weighted by atomic mass is 35.5. The summed E-state index contributed by atoms with van der Waals surface area (Å²) in [5.74, 6) is -1.11. The van der Waals surface area contributed by atoms with Crippen LogP contribution >= 0.6 is 11.6 Å². The molecule has 0 bridgehead atoms. The van der Waals surface area contributed by atoms with Crippen molar-refractivity contribution in [2.75, 3.05) is 6.54 Å². The van der Waals surface area contributed by atoms with Gasteiger partial charge in [0.25, 0.3) is 11.8 Å². The maximum atomic E-state index is 12.2. The fourth-order valence-electron chi connectivity index (χ4n) is 2.42. The van der Waals surface area contributed by atoms with Gasteiger partial charge in [0.1, 0.15) is 5.69 Å². The van der Waals surface area contributed by atoms with E-state index in [1.165, 1.54) is 6.20 Å². The van der Waals surface area contributed by atoms with Crippen molar-refractivity contribution in [3.63, 3.8) is 0 Å². The molecule has 0 radical (unpaired) electrons. The molecule has 24 heavy (non-hydrogen) atoms. The molecule has 0 aliphatic carbocycles. The SMILES string of the molecule is O=C(CCN1C(=O)c2cccnc2C1=O)NCc1ccc(Cl)cc1. The molecule has 7 heteroatoms. The third-order valence-electron chi connectivity index (χ3n) is 3.70. The zero-order valence-electron chi connectivity index (χ0n) is 12.7. The Hall–Kier alpha value is -2.73. The lowest BCUT2D eigenvalue weighted by atomic mass is 10.2. The number of pyridine rings is 1. The van der Waals surface area contributed by atoms with Crippen molar-refractivity contribution in [2.24, 2.45) is 0 Å². The monoisotopic (exact) mass is 343 g/mol. The summed E-state index contributed by atoms with van der Waals surface area (Å²) in [6.07, 6.45) is 1.51. The van der Waals surface area contributed by atoms with Crippen molar-refractivity contribution in [3.8, 4) is 0 Å². The lowest BCUT2D eigenvalue weighted by molar-refractivity contribution is -0.121. The van der Waals surface area contributed by atoms with Crippen molar-refractivity contribution in [2.45, 2.75) is 13.0 Å². The van der Waals surface area contributed by atoms with Crippen molar-refractivity contribution in [1.82, 2.24) is 15.2 Å². The molecular weight excluding hydrogens is 330 g/mol. The Morgan fingerprint density at radius 2 is 1.88 bits per heavy atom. The molecule has 1 aromatic heterocycles. The predicted molar refractivity (Wildman–Crippen MR) is 87.5 cm³/mol. The molecule has 2 aromatic rings. The van der Waals surface area contributed by atoms with Gasteiger partial charge in [-0.15, -0.1) is 0 Å². The average Bonchev–Trinajstić information content (AvgIpc) is 2.84. The second kappa shape index (κ2) is 6.80. The number of rotatable bonds is 5. The van der Waals surface area contributed by atoms with Crippen molar-refractivity contribution >= 4 is 29.3 Å². The number of nitrogens with zero attached hydrogens (tertiary/aromatic N) is 2. The number of nitrogens with one attached hydrogen (secondary N) is 1. The summed E-state index contributed by atoms with van der Waals surface area (Å²) < 4.78 is 0. The normalized spacial score (nSPS) is 13.1. The van der Waals surface area contributed by atoms with Crippen LogP contribution in [0.25, 0.3) is 0 Å². The Labute approximate surface area is 143 Å². The number of imide groups is 1. The van der Waals surface area contributed by atoms with Gasteiger partial charge in [0.15, 0.2) is 0 Å². The van der Waals surface area contributed by atoms with Crippen LogP contribution in [0.2, 0.25) is 5.02 Å². The highest BCUT2D eigenvalue weighted by Gasteiger charge is 2.36. The Kier molecular flexibility index (Phi) is 4.57. The number of hydrogen-bond acceptors (Lipinski definition) is 4. The van der Waals surface area contributed by atoms with E-state index in [9.17, 15) is 14.4 Å².